The normalized spacial score (nSPS) is 11.6. The van der Waals surface area contributed by atoms with Gasteiger partial charge in [-0.15, -0.1) is 0 Å². The number of esters is 1. The zero-order valence-electron chi connectivity index (χ0n) is 16.7. The van der Waals surface area contributed by atoms with E-state index in [4.69, 9.17) is 14.2 Å². The highest BCUT2D eigenvalue weighted by Crippen LogP contribution is 2.14. The summed E-state index contributed by atoms with van der Waals surface area (Å²) >= 11 is 0. The molecular weight excluding hydrogens is 358 g/mol. The minimum Gasteiger partial charge on any atom is -0.497 e. The zero-order chi connectivity index (χ0) is 20.5. The molecular formula is C22H27NO5. The lowest BCUT2D eigenvalue weighted by molar-refractivity contribution is -0.147. The van der Waals surface area contributed by atoms with Gasteiger partial charge in [0.1, 0.15) is 17.5 Å². The molecule has 0 aliphatic rings. The molecule has 1 amide bonds. The lowest BCUT2D eigenvalue weighted by atomic mass is 10.0. The fraction of sp³-hybridized carbons (Fsp3) is 0.364. The van der Waals surface area contributed by atoms with E-state index in [0.29, 0.717) is 17.7 Å². The van der Waals surface area contributed by atoms with E-state index in [2.05, 4.69) is 5.32 Å². The van der Waals surface area contributed by atoms with Crippen molar-refractivity contribution in [3.05, 3.63) is 59.7 Å². The summed E-state index contributed by atoms with van der Waals surface area (Å²) < 4.78 is 15.6. The highest BCUT2D eigenvalue weighted by molar-refractivity contribution is 5.96. The lowest BCUT2D eigenvalue weighted by Crippen LogP contribution is -2.45. The maximum absolute atomic E-state index is 12.5. The summed E-state index contributed by atoms with van der Waals surface area (Å²) in [6.45, 7) is 3.97. The highest BCUT2D eigenvalue weighted by atomic mass is 16.5. The Bertz CT molecular complexity index is 769. The van der Waals surface area contributed by atoms with E-state index in [1.165, 1.54) is 0 Å². The van der Waals surface area contributed by atoms with Gasteiger partial charge in [0.15, 0.2) is 0 Å². The van der Waals surface area contributed by atoms with Gasteiger partial charge < -0.3 is 19.5 Å². The number of amides is 1. The summed E-state index contributed by atoms with van der Waals surface area (Å²) in [7, 11) is 3.18. The third-order valence-corrected chi connectivity index (χ3v) is 4.35. The number of nitrogens with one attached hydrogen (secondary N) is 1. The van der Waals surface area contributed by atoms with Crippen LogP contribution in [0.4, 0.5) is 0 Å². The molecule has 6 heteroatoms. The Labute approximate surface area is 165 Å². The summed E-state index contributed by atoms with van der Waals surface area (Å²) in [5.74, 6) is 0.575. The van der Waals surface area contributed by atoms with Crippen LogP contribution in [0.5, 0.6) is 11.5 Å². The van der Waals surface area contributed by atoms with Crippen molar-refractivity contribution >= 4 is 11.9 Å². The van der Waals surface area contributed by atoms with Gasteiger partial charge in [-0.3, -0.25) is 4.79 Å². The molecule has 0 aliphatic carbocycles. The van der Waals surface area contributed by atoms with Crippen LogP contribution >= 0.6 is 0 Å². The maximum Gasteiger partial charge on any atom is 0.328 e. The molecule has 0 fully saturated rings. The van der Waals surface area contributed by atoms with Gasteiger partial charge in [0.2, 0.25) is 0 Å². The summed E-state index contributed by atoms with van der Waals surface area (Å²) in [5, 5.41) is 2.76. The van der Waals surface area contributed by atoms with Crippen LogP contribution < -0.4 is 14.8 Å². The molecule has 150 valence electrons. The summed E-state index contributed by atoms with van der Waals surface area (Å²) in [4.78, 5) is 24.9. The Morgan fingerprint density at radius 3 is 1.93 bits per heavy atom. The van der Waals surface area contributed by atoms with E-state index < -0.39 is 12.0 Å². The van der Waals surface area contributed by atoms with Crippen LogP contribution in [-0.4, -0.2) is 38.7 Å². The summed E-state index contributed by atoms with van der Waals surface area (Å²) in [6.07, 6.45) is 0.590. The van der Waals surface area contributed by atoms with Crippen LogP contribution in [0, 0.1) is 5.92 Å². The van der Waals surface area contributed by atoms with Crippen LogP contribution in [0.15, 0.2) is 48.5 Å². The molecule has 0 heterocycles. The Balaban J connectivity index is 1.90. The Morgan fingerprint density at radius 1 is 0.893 bits per heavy atom. The first-order valence-corrected chi connectivity index (χ1v) is 9.19. The molecule has 0 saturated carbocycles. The SMILES string of the molecule is COc1ccc(CCOC(=O)[C@@H](NC(=O)c2ccc(OC)cc2)C(C)C)cc1. The molecule has 2 aromatic carbocycles. The molecule has 0 bridgehead atoms. The predicted molar refractivity (Wildman–Crippen MR) is 107 cm³/mol. The van der Waals surface area contributed by atoms with Crippen molar-refractivity contribution < 1.29 is 23.8 Å². The second kappa shape index (κ2) is 10.3. The monoisotopic (exact) mass is 385 g/mol. The van der Waals surface area contributed by atoms with E-state index in [1.807, 2.05) is 38.1 Å². The Morgan fingerprint density at radius 2 is 1.43 bits per heavy atom. The number of carbonyl (C=O) groups excluding carboxylic acids is 2. The standard InChI is InChI=1S/C22H27NO5/c1-15(2)20(23-21(24)17-7-11-19(27-4)12-8-17)22(25)28-14-13-16-5-9-18(26-3)10-6-16/h5-12,15,20H,13-14H2,1-4H3,(H,23,24)/t20-/m0/s1. The quantitative estimate of drug-likeness (QED) is 0.671. The number of carbonyl (C=O) groups is 2. The minimum atomic E-state index is -0.717. The number of hydrogen-bond acceptors (Lipinski definition) is 5. The smallest absolute Gasteiger partial charge is 0.328 e. The van der Waals surface area contributed by atoms with Gasteiger partial charge in [-0.1, -0.05) is 26.0 Å². The van der Waals surface area contributed by atoms with Crippen molar-refractivity contribution in [2.24, 2.45) is 5.92 Å². The van der Waals surface area contributed by atoms with Gasteiger partial charge in [-0.2, -0.15) is 0 Å². The molecule has 0 aromatic heterocycles. The second-order valence-electron chi connectivity index (χ2n) is 6.69. The van der Waals surface area contributed by atoms with Crippen molar-refractivity contribution in [1.82, 2.24) is 5.32 Å². The number of benzene rings is 2. The molecule has 28 heavy (non-hydrogen) atoms. The first-order valence-electron chi connectivity index (χ1n) is 9.19. The average molecular weight is 385 g/mol. The third-order valence-electron chi connectivity index (χ3n) is 4.35. The van der Waals surface area contributed by atoms with Crippen LogP contribution in [0.1, 0.15) is 29.8 Å². The minimum absolute atomic E-state index is 0.101. The molecule has 2 aromatic rings. The lowest BCUT2D eigenvalue weighted by Gasteiger charge is -2.21. The molecule has 2 rings (SSSR count). The number of ether oxygens (including phenoxy) is 3. The average Bonchev–Trinajstić information content (AvgIpc) is 2.72. The second-order valence-corrected chi connectivity index (χ2v) is 6.69. The fourth-order valence-electron chi connectivity index (χ4n) is 2.62. The van der Waals surface area contributed by atoms with Crippen LogP contribution in [0.3, 0.4) is 0 Å². The molecule has 0 spiro atoms. The maximum atomic E-state index is 12.5. The van der Waals surface area contributed by atoms with Crippen LogP contribution in [0.25, 0.3) is 0 Å². The van der Waals surface area contributed by atoms with Crippen LogP contribution in [0.2, 0.25) is 0 Å². The van der Waals surface area contributed by atoms with Crippen LogP contribution in [-0.2, 0) is 16.0 Å². The Kier molecular flexibility index (Phi) is 7.87. The van der Waals surface area contributed by atoms with Crippen molar-refractivity contribution in [3.63, 3.8) is 0 Å². The van der Waals surface area contributed by atoms with E-state index >= 15 is 0 Å². The first-order chi connectivity index (χ1) is 13.4. The molecule has 0 unspecified atom stereocenters. The van der Waals surface area contributed by atoms with Gasteiger partial charge >= 0.3 is 5.97 Å². The highest BCUT2D eigenvalue weighted by Gasteiger charge is 2.26. The summed E-state index contributed by atoms with van der Waals surface area (Å²) in [6, 6.07) is 13.6. The largest absolute Gasteiger partial charge is 0.497 e. The first kappa shape index (κ1) is 21.3. The van der Waals surface area contributed by atoms with E-state index in [0.717, 1.165) is 11.3 Å². The zero-order valence-corrected chi connectivity index (χ0v) is 16.7. The molecule has 0 radical (unpaired) electrons. The molecule has 0 saturated heterocycles. The molecule has 1 N–H and O–H groups in total. The molecule has 1 atom stereocenters. The van der Waals surface area contributed by atoms with E-state index in [-0.39, 0.29) is 18.4 Å². The number of rotatable bonds is 9. The third kappa shape index (κ3) is 6.01. The van der Waals surface area contributed by atoms with Gasteiger partial charge in [0.05, 0.1) is 20.8 Å². The van der Waals surface area contributed by atoms with Crippen molar-refractivity contribution in [1.29, 1.82) is 0 Å². The van der Waals surface area contributed by atoms with E-state index in [1.54, 1.807) is 38.5 Å². The number of hydrogen-bond donors (Lipinski definition) is 1. The van der Waals surface area contributed by atoms with E-state index in [9.17, 15) is 9.59 Å². The van der Waals surface area contributed by atoms with Gasteiger partial charge in [-0.25, -0.2) is 4.79 Å². The Hall–Kier alpha value is -3.02. The van der Waals surface area contributed by atoms with Crippen molar-refractivity contribution in [2.45, 2.75) is 26.3 Å². The predicted octanol–water partition coefficient (Wildman–Crippen LogP) is 3.24. The molecule has 0 aliphatic heterocycles. The number of methoxy groups -OCH3 is 2. The van der Waals surface area contributed by atoms with Gasteiger partial charge in [0.25, 0.3) is 5.91 Å². The van der Waals surface area contributed by atoms with Gasteiger partial charge in [-0.05, 0) is 47.9 Å². The fourth-order valence-corrected chi connectivity index (χ4v) is 2.62. The topological polar surface area (TPSA) is 73.9 Å². The van der Waals surface area contributed by atoms with Crippen molar-refractivity contribution in [2.75, 3.05) is 20.8 Å². The summed E-state index contributed by atoms with van der Waals surface area (Å²) in [5.41, 5.74) is 1.49. The molecule has 6 nitrogen and oxygen atoms in total. The van der Waals surface area contributed by atoms with Gasteiger partial charge in [0, 0.05) is 12.0 Å². The van der Waals surface area contributed by atoms with Crippen molar-refractivity contribution in [3.8, 4) is 11.5 Å².